The fraction of sp³-hybridized carbons (Fsp3) is 0.231. The van der Waals surface area contributed by atoms with Crippen molar-refractivity contribution in [2.75, 3.05) is 21.2 Å². The van der Waals surface area contributed by atoms with Gasteiger partial charge in [-0.05, 0) is 6.07 Å². The van der Waals surface area contributed by atoms with E-state index in [-0.39, 0.29) is 5.84 Å². The van der Waals surface area contributed by atoms with Gasteiger partial charge in [-0.15, -0.1) is 4.40 Å². The maximum Gasteiger partial charge on any atom is 0.382 e. The predicted octanol–water partition coefficient (Wildman–Crippen LogP) is 0.992. The first-order valence-electron chi connectivity index (χ1n) is 5.95. The van der Waals surface area contributed by atoms with Gasteiger partial charge in [0.2, 0.25) is 0 Å². The summed E-state index contributed by atoms with van der Waals surface area (Å²) in [5.41, 5.74) is 0.116. The Kier molecular flexibility index (Phi) is 4.10. The summed E-state index contributed by atoms with van der Waals surface area (Å²) in [6.45, 7) is 0. The number of benzene rings is 1. The lowest BCUT2D eigenvalue weighted by molar-refractivity contribution is 0.398. The summed E-state index contributed by atoms with van der Waals surface area (Å²) in [7, 11) is 0.175. The molecule has 0 N–H and O–H groups in total. The van der Waals surface area contributed by atoms with Crippen LogP contribution in [0.3, 0.4) is 0 Å². The molecule has 0 saturated carbocycles. The monoisotopic (exact) mass is 310 g/mol. The Hall–Kier alpha value is -2.19. The predicted molar refractivity (Wildman–Crippen MR) is 78.6 cm³/mol. The van der Waals surface area contributed by atoms with Gasteiger partial charge in [-0.25, -0.2) is 4.79 Å². The number of hydrogen-bond acceptors (Lipinski definition) is 5. The van der Waals surface area contributed by atoms with Gasteiger partial charge in [-0.1, -0.05) is 18.2 Å². The van der Waals surface area contributed by atoms with Gasteiger partial charge < -0.3 is 9.32 Å². The Morgan fingerprint density at radius 3 is 2.57 bits per heavy atom. The highest BCUT2D eigenvalue weighted by Gasteiger charge is 2.17. The number of para-hydroxylation sites is 1. The molecule has 0 aliphatic rings. The fourth-order valence-corrected chi connectivity index (χ4v) is 2.36. The van der Waals surface area contributed by atoms with Crippen LogP contribution in [0, 0.1) is 0 Å². The molecule has 0 bridgehead atoms. The van der Waals surface area contributed by atoms with Gasteiger partial charge in [0.25, 0.3) is 0 Å². The van der Waals surface area contributed by atoms with Crippen LogP contribution in [0.15, 0.2) is 43.9 Å². The van der Waals surface area contributed by atoms with Crippen LogP contribution >= 0.6 is 0 Å². The third-order valence-electron chi connectivity index (χ3n) is 2.72. The molecule has 8 heteroatoms. The highest BCUT2D eigenvalue weighted by atomic mass is 32.2. The highest BCUT2D eigenvalue weighted by molar-refractivity contribution is 7.85. The van der Waals surface area contributed by atoms with Gasteiger partial charge in [-0.3, -0.25) is 4.18 Å². The minimum Gasteiger partial charge on any atom is -0.423 e. The van der Waals surface area contributed by atoms with E-state index in [2.05, 4.69) is 8.58 Å². The lowest BCUT2D eigenvalue weighted by Crippen LogP contribution is -2.26. The molecule has 0 saturated heterocycles. The summed E-state index contributed by atoms with van der Waals surface area (Å²) in [5, 5.41) is 0.579. The van der Waals surface area contributed by atoms with E-state index in [9.17, 15) is 13.2 Å². The highest BCUT2D eigenvalue weighted by Crippen LogP contribution is 2.18. The average molecular weight is 310 g/mol. The molecule has 0 fully saturated rings. The molecular formula is C13H14N2O5S. The Balaban J connectivity index is 2.81. The normalized spacial score (nSPS) is 12.6. The van der Waals surface area contributed by atoms with E-state index in [1.165, 1.54) is 11.0 Å². The number of rotatable bonds is 3. The summed E-state index contributed by atoms with van der Waals surface area (Å²) in [5.74, 6) is 0.0842. The first-order chi connectivity index (χ1) is 9.84. The summed E-state index contributed by atoms with van der Waals surface area (Å²) in [4.78, 5) is 13.1. The van der Waals surface area contributed by atoms with E-state index in [0.29, 0.717) is 16.5 Å². The molecule has 0 radical (unpaired) electrons. The number of hydrogen-bond donors (Lipinski definition) is 0. The van der Waals surface area contributed by atoms with E-state index in [1.807, 2.05) is 0 Å². The standard InChI is InChI=1S/C13H14N2O5S/c1-15(2)13(14-21(17,18)19-3)10-8-12(16)20-11-7-5-4-6-9(10)11/h4-8H,1-3H3/b14-13-. The first-order valence-corrected chi connectivity index (χ1v) is 7.31. The second kappa shape index (κ2) is 5.66. The maximum absolute atomic E-state index is 11.6. The molecule has 2 rings (SSSR count). The largest absolute Gasteiger partial charge is 0.423 e. The smallest absolute Gasteiger partial charge is 0.382 e. The molecule has 1 aromatic carbocycles. The zero-order valence-corrected chi connectivity index (χ0v) is 12.5. The molecule has 1 heterocycles. The molecule has 7 nitrogen and oxygen atoms in total. The van der Waals surface area contributed by atoms with Crippen molar-refractivity contribution < 1.29 is 17.0 Å². The van der Waals surface area contributed by atoms with Crippen LogP contribution in [0.2, 0.25) is 0 Å². The maximum atomic E-state index is 11.6. The molecule has 2 aromatic rings. The van der Waals surface area contributed by atoms with E-state index in [4.69, 9.17) is 4.42 Å². The van der Waals surface area contributed by atoms with Crippen molar-refractivity contribution in [3.05, 3.63) is 46.3 Å². The van der Waals surface area contributed by atoms with Gasteiger partial charge >= 0.3 is 15.9 Å². The second-order valence-electron chi connectivity index (χ2n) is 4.38. The van der Waals surface area contributed by atoms with Crippen LogP contribution in [0.4, 0.5) is 0 Å². The van der Waals surface area contributed by atoms with Gasteiger partial charge in [0.05, 0.1) is 7.11 Å². The van der Waals surface area contributed by atoms with Gasteiger partial charge in [0, 0.05) is 31.1 Å². The Labute approximate surface area is 121 Å². The van der Waals surface area contributed by atoms with E-state index in [0.717, 1.165) is 7.11 Å². The summed E-state index contributed by atoms with van der Waals surface area (Å²) in [6.07, 6.45) is 0. The van der Waals surface area contributed by atoms with Crippen molar-refractivity contribution in [2.45, 2.75) is 0 Å². The van der Waals surface area contributed by atoms with Crippen LogP contribution in [0.25, 0.3) is 11.0 Å². The number of fused-ring (bicyclic) bond motifs is 1. The van der Waals surface area contributed by atoms with E-state index >= 15 is 0 Å². The van der Waals surface area contributed by atoms with Gasteiger partial charge in [0.1, 0.15) is 5.58 Å². The molecular weight excluding hydrogens is 296 g/mol. The lowest BCUT2D eigenvalue weighted by atomic mass is 10.1. The zero-order valence-electron chi connectivity index (χ0n) is 11.7. The van der Waals surface area contributed by atoms with E-state index < -0.39 is 15.9 Å². The van der Waals surface area contributed by atoms with Crippen LogP contribution in [0.5, 0.6) is 0 Å². The number of amidine groups is 1. The second-order valence-corrected chi connectivity index (χ2v) is 5.75. The van der Waals surface area contributed by atoms with Crippen molar-refractivity contribution in [3.8, 4) is 0 Å². The average Bonchev–Trinajstić information content (AvgIpc) is 2.43. The SMILES string of the molecule is COS(=O)(=O)/N=C(/c1cc(=O)oc2ccccc12)N(C)C. The quantitative estimate of drug-likeness (QED) is 0.477. The van der Waals surface area contributed by atoms with Crippen LogP contribution in [0.1, 0.15) is 5.56 Å². The number of nitrogens with zero attached hydrogens (tertiary/aromatic N) is 2. The molecule has 0 amide bonds. The molecule has 21 heavy (non-hydrogen) atoms. The minimum absolute atomic E-state index is 0.0842. The zero-order chi connectivity index (χ0) is 15.6. The summed E-state index contributed by atoms with van der Waals surface area (Å²) in [6, 6.07) is 8.01. The van der Waals surface area contributed by atoms with Crippen molar-refractivity contribution in [3.63, 3.8) is 0 Å². The molecule has 112 valence electrons. The summed E-state index contributed by atoms with van der Waals surface area (Å²) >= 11 is 0. The molecule has 0 aliphatic carbocycles. The van der Waals surface area contributed by atoms with Crippen molar-refractivity contribution in [1.29, 1.82) is 0 Å². The van der Waals surface area contributed by atoms with Gasteiger partial charge in [-0.2, -0.15) is 8.42 Å². The Bertz CT molecular complexity index is 852. The van der Waals surface area contributed by atoms with Crippen LogP contribution < -0.4 is 5.63 Å². The Morgan fingerprint density at radius 2 is 1.95 bits per heavy atom. The molecule has 0 aliphatic heterocycles. The van der Waals surface area contributed by atoms with Crippen molar-refractivity contribution in [1.82, 2.24) is 4.90 Å². The molecule has 0 spiro atoms. The third-order valence-corrected chi connectivity index (χ3v) is 3.54. The van der Waals surface area contributed by atoms with Crippen LogP contribution in [-0.2, 0) is 14.5 Å². The lowest BCUT2D eigenvalue weighted by Gasteiger charge is -2.16. The topological polar surface area (TPSA) is 89.2 Å². The Morgan fingerprint density at radius 1 is 1.29 bits per heavy atom. The van der Waals surface area contributed by atoms with Gasteiger partial charge in [0.15, 0.2) is 5.84 Å². The fourth-order valence-electron chi connectivity index (χ4n) is 1.81. The summed E-state index contributed by atoms with van der Waals surface area (Å²) < 4.78 is 36.2. The molecule has 0 atom stereocenters. The van der Waals surface area contributed by atoms with Crippen molar-refractivity contribution >= 4 is 27.1 Å². The van der Waals surface area contributed by atoms with Crippen LogP contribution in [-0.4, -0.2) is 40.4 Å². The third kappa shape index (κ3) is 3.29. The molecule has 1 aromatic heterocycles. The minimum atomic E-state index is -4.08. The first kappa shape index (κ1) is 15.2. The van der Waals surface area contributed by atoms with E-state index in [1.54, 1.807) is 38.4 Å². The molecule has 0 unspecified atom stereocenters. The van der Waals surface area contributed by atoms with Crippen molar-refractivity contribution in [2.24, 2.45) is 4.40 Å².